The molecule has 2 aromatic rings. The van der Waals surface area contributed by atoms with Crippen molar-refractivity contribution in [1.29, 1.82) is 0 Å². The molecule has 28 heavy (non-hydrogen) atoms. The van der Waals surface area contributed by atoms with Crippen molar-refractivity contribution in [2.24, 2.45) is 5.73 Å². The fraction of sp³-hybridized carbons (Fsp3) is 0.350. The van der Waals surface area contributed by atoms with Crippen LogP contribution in [0.5, 0.6) is 5.75 Å². The fourth-order valence-corrected chi connectivity index (χ4v) is 4.49. The fourth-order valence-electron chi connectivity index (χ4n) is 3.20. The smallest absolute Gasteiger partial charge is 0.339 e. The second kappa shape index (κ2) is 8.02. The van der Waals surface area contributed by atoms with E-state index in [0.717, 1.165) is 35.3 Å². The van der Waals surface area contributed by atoms with Gasteiger partial charge in [0.2, 0.25) is 0 Å². The number of aryl methyl sites for hydroxylation is 2. The van der Waals surface area contributed by atoms with E-state index >= 15 is 0 Å². The van der Waals surface area contributed by atoms with Gasteiger partial charge in [-0.05, 0) is 56.4 Å². The molecule has 1 aromatic heterocycles. The van der Waals surface area contributed by atoms with E-state index in [1.807, 2.05) is 6.92 Å². The summed E-state index contributed by atoms with van der Waals surface area (Å²) < 4.78 is 10.5. The number of rotatable bonds is 6. The number of ether oxygens (including phenoxy) is 2. The highest BCUT2D eigenvalue weighted by atomic mass is 32.1. The van der Waals surface area contributed by atoms with E-state index < -0.39 is 23.9 Å². The second-order valence-electron chi connectivity index (χ2n) is 6.65. The van der Waals surface area contributed by atoms with Gasteiger partial charge in [-0.3, -0.25) is 9.59 Å². The Labute approximate surface area is 166 Å². The summed E-state index contributed by atoms with van der Waals surface area (Å²) in [6.07, 6.45) is 1.58. The van der Waals surface area contributed by atoms with Crippen molar-refractivity contribution < 1.29 is 23.9 Å². The Balaban J connectivity index is 1.70. The van der Waals surface area contributed by atoms with Crippen LogP contribution in [0.4, 0.5) is 5.00 Å². The molecule has 0 fully saturated rings. The van der Waals surface area contributed by atoms with Crippen LogP contribution in [0.25, 0.3) is 0 Å². The van der Waals surface area contributed by atoms with Crippen molar-refractivity contribution in [3.05, 3.63) is 45.3 Å². The maximum Gasteiger partial charge on any atom is 0.339 e. The number of hydrogen-bond acceptors (Lipinski definition) is 6. The molecule has 1 aromatic carbocycles. The van der Waals surface area contributed by atoms with Gasteiger partial charge in [0.1, 0.15) is 10.8 Å². The lowest BCUT2D eigenvalue weighted by molar-refractivity contribution is -0.123. The second-order valence-corrected chi connectivity index (χ2v) is 7.75. The molecule has 0 saturated carbocycles. The van der Waals surface area contributed by atoms with Crippen LogP contribution in [-0.4, -0.2) is 31.0 Å². The number of fused-ring (bicyclic) bond motifs is 1. The number of hydrogen-bond donors (Lipinski definition) is 2. The van der Waals surface area contributed by atoms with Crippen LogP contribution in [0.1, 0.15) is 50.1 Å². The first-order chi connectivity index (χ1) is 13.3. The number of anilines is 1. The van der Waals surface area contributed by atoms with Gasteiger partial charge in [-0.15, -0.1) is 11.3 Å². The van der Waals surface area contributed by atoms with E-state index in [4.69, 9.17) is 15.2 Å². The van der Waals surface area contributed by atoms with E-state index in [-0.39, 0.29) is 5.56 Å². The minimum absolute atomic E-state index is 0.287. The molecule has 3 N–H and O–H groups in total. The van der Waals surface area contributed by atoms with Gasteiger partial charge < -0.3 is 20.5 Å². The molecule has 3 rings (SSSR count). The van der Waals surface area contributed by atoms with Crippen LogP contribution in [0.3, 0.4) is 0 Å². The van der Waals surface area contributed by atoms with E-state index in [1.165, 1.54) is 25.4 Å². The van der Waals surface area contributed by atoms with Crippen LogP contribution in [0.15, 0.2) is 18.2 Å². The zero-order chi connectivity index (χ0) is 20.4. The van der Waals surface area contributed by atoms with Gasteiger partial charge in [-0.25, -0.2) is 4.79 Å². The standard InChI is InChI=1S/C20H22N2O5S/c1-10-7-8-12(9-14(10)26-3)20(25)27-11(2)18(24)22-19-16(17(21)23)13-5-4-6-15(13)28-19/h7-9,11H,4-6H2,1-3H3,(H2,21,23)(H,22,24)/t11-/m1/s1. The number of thiophene rings is 1. The van der Waals surface area contributed by atoms with Crippen molar-refractivity contribution >= 4 is 34.1 Å². The minimum Gasteiger partial charge on any atom is -0.496 e. The molecule has 0 unspecified atom stereocenters. The van der Waals surface area contributed by atoms with E-state index in [1.54, 1.807) is 18.2 Å². The van der Waals surface area contributed by atoms with Gasteiger partial charge in [0.15, 0.2) is 6.10 Å². The number of methoxy groups -OCH3 is 1. The SMILES string of the molecule is COc1cc(C(=O)O[C@H](C)C(=O)Nc2sc3c(c2C(N)=O)CCC3)ccc1C. The topological polar surface area (TPSA) is 108 Å². The predicted octanol–water partition coefficient (Wildman–Crippen LogP) is 2.84. The number of primary amides is 1. The lowest BCUT2D eigenvalue weighted by Crippen LogP contribution is -2.30. The van der Waals surface area contributed by atoms with Crippen molar-refractivity contribution in [2.45, 2.75) is 39.2 Å². The molecule has 0 saturated heterocycles. The Kier molecular flexibility index (Phi) is 5.69. The Morgan fingerprint density at radius 3 is 2.68 bits per heavy atom. The van der Waals surface area contributed by atoms with Crippen LogP contribution < -0.4 is 15.8 Å². The molecule has 0 bridgehead atoms. The summed E-state index contributed by atoms with van der Waals surface area (Å²) in [5.74, 6) is -1.16. The van der Waals surface area contributed by atoms with Gasteiger partial charge in [0.05, 0.1) is 18.2 Å². The van der Waals surface area contributed by atoms with Crippen LogP contribution in [0, 0.1) is 6.92 Å². The number of benzene rings is 1. The van der Waals surface area contributed by atoms with Crippen molar-refractivity contribution in [1.82, 2.24) is 0 Å². The molecule has 7 nitrogen and oxygen atoms in total. The molecule has 148 valence electrons. The monoisotopic (exact) mass is 402 g/mol. The largest absolute Gasteiger partial charge is 0.496 e. The summed E-state index contributed by atoms with van der Waals surface area (Å²) >= 11 is 1.35. The molecule has 8 heteroatoms. The summed E-state index contributed by atoms with van der Waals surface area (Å²) in [6.45, 7) is 3.34. The average molecular weight is 402 g/mol. The lowest BCUT2D eigenvalue weighted by Gasteiger charge is -2.14. The maximum absolute atomic E-state index is 12.5. The molecule has 0 radical (unpaired) electrons. The Morgan fingerprint density at radius 2 is 2.00 bits per heavy atom. The summed E-state index contributed by atoms with van der Waals surface area (Å²) in [5.41, 5.74) is 7.96. The number of esters is 1. The summed E-state index contributed by atoms with van der Waals surface area (Å²) in [7, 11) is 1.52. The third-order valence-electron chi connectivity index (χ3n) is 4.70. The normalized spacial score (nSPS) is 13.5. The number of nitrogens with two attached hydrogens (primary N) is 1. The van der Waals surface area contributed by atoms with E-state index in [2.05, 4.69) is 5.32 Å². The molecule has 1 aliphatic carbocycles. The Bertz CT molecular complexity index is 950. The van der Waals surface area contributed by atoms with Gasteiger partial charge in [-0.1, -0.05) is 6.07 Å². The summed E-state index contributed by atoms with van der Waals surface area (Å²) in [5, 5.41) is 3.11. The van der Waals surface area contributed by atoms with Gasteiger partial charge in [0.25, 0.3) is 11.8 Å². The molecule has 2 amide bonds. The first kappa shape index (κ1) is 19.9. The molecule has 0 aliphatic heterocycles. The molecule has 1 heterocycles. The zero-order valence-electron chi connectivity index (χ0n) is 16.0. The van der Waals surface area contributed by atoms with Crippen molar-refractivity contribution in [3.8, 4) is 5.75 Å². The number of carbonyl (C=O) groups is 3. The number of amides is 2. The maximum atomic E-state index is 12.5. The predicted molar refractivity (Wildman–Crippen MR) is 106 cm³/mol. The van der Waals surface area contributed by atoms with Crippen LogP contribution in [-0.2, 0) is 22.4 Å². The third kappa shape index (κ3) is 3.87. The minimum atomic E-state index is -1.04. The van der Waals surface area contributed by atoms with Gasteiger partial charge >= 0.3 is 5.97 Å². The summed E-state index contributed by atoms with van der Waals surface area (Å²) in [4.78, 5) is 37.7. The first-order valence-electron chi connectivity index (χ1n) is 8.92. The Hall–Kier alpha value is -2.87. The van der Waals surface area contributed by atoms with Crippen LogP contribution in [0.2, 0.25) is 0 Å². The van der Waals surface area contributed by atoms with E-state index in [9.17, 15) is 14.4 Å². The third-order valence-corrected chi connectivity index (χ3v) is 5.91. The Morgan fingerprint density at radius 1 is 1.25 bits per heavy atom. The van der Waals surface area contributed by atoms with Crippen molar-refractivity contribution in [3.63, 3.8) is 0 Å². The molecular formula is C20H22N2O5S. The van der Waals surface area contributed by atoms with Crippen molar-refractivity contribution in [2.75, 3.05) is 12.4 Å². The van der Waals surface area contributed by atoms with Gasteiger partial charge in [-0.2, -0.15) is 0 Å². The molecule has 1 atom stereocenters. The number of nitrogens with one attached hydrogen (secondary N) is 1. The zero-order valence-corrected chi connectivity index (χ0v) is 16.8. The first-order valence-corrected chi connectivity index (χ1v) is 9.74. The summed E-state index contributed by atoms with van der Waals surface area (Å²) in [6, 6.07) is 4.92. The number of carbonyl (C=O) groups excluding carboxylic acids is 3. The highest BCUT2D eigenvalue weighted by Crippen LogP contribution is 2.38. The molecule has 0 spiro atoms. The van der Waals surface area contributed by atoms with E-state index in [0.29, 0.717) is 16.3 Å². The quantitative estimate of drug-likeness (QED) is 0.723. The highest BCUT2D eigenvalue weighted by Gasteiger charge is 2.28. The lowest BCUT2D eigenvalue weighted by atomic mass is 10.1. The molecular weight excluding hydrogens is 380 g/mol. The highest BCUT2D eigenvalue weighted by molar-refractivity contribution is 7.17. The van der Waals surface area contributed by atoms with Crippen LogP contribution >= 0.6 is 11.3 Å². The molecule has 1 aliphatic rings. The average Bonchev–Trinajstić information content (AvgIpc) is 3.22. The van der Waals surface area contributed by atoms with Gasteiger partial charge in [0, 0.05) is 4.88 Å².